The van der Waals surface area contributed by atoms with Gasteiger partial charge in [-0.05, 0) is 85.3 Å². The van der Waals surface area contributed by atoms with Gasteiger partial charge in [0.15, 0.2) is 0 Å². The van der Waals surface area contributed by atoms with Gasteiger partial charge in [0.1, 0.15) is 0 Å². The van der Waals surface area contributed by atoms with Crippen LogP contribution in [0.5, 0.6) is 0 Å². The number of benzene rings is 1. The van der Waals surface area contributed by atoms with E-state index in [0.29, 0.717) is 12.3 Å². The van der Waals surface area contributed by atoms with Crippen LogP contribution in [0.4, 0.5) is 0 Å². The Morgan fingerprint density at radius 3 is 1.93 bits per heavy atom. The summed E-state index contributed by atoms with van der Waals surface area (Å²) < 4.78 is 0. The summed E-state index contributed by atoms with van der Waals surface area (Å²) in [7, 11) is 0. The average Bonchev–Trinajstić information content (AvgIpc) is 2.62. The Labute approximate surface area is 180 Å². The topological polar surface area (TPSA) is 66.5 Å². The van der Waals surface area contributed by atoms with E-state index in [2.05, 4.69) is 66.7 Å². The van der Waals surface area contributed by atoms with Crippen molar-refractivity contribution in [3.05, 3.63) is 34.9 Å². The zero-order chi connectivity index (χ0) is 22.2. The number of hydrogen-bond donors (Lipinski definition) is 3. The molecule has 1 rings (SSSR count). The number of hydrogen-bond acceptors (Lipinski definition) is 3. The summed E-state index contributed by atoms with van der Waals surface area (Å²) in [5.74, 6) is 3.25. The van der Waals surface area contributed by atoms with E-state index in [-0.39, 0.29) is 19.1 Å². The maximum Gasteiger partial charge on any atom is 0.0633 e. The molecule has 0 fully saturated rings. The molecule has 0 saturated heterocycles. The fraction of sp³-hybridized carbons (Fsp3) is 0.769. The van der Waals surface area contributed by atoms with Crippen LogP contribution >= 0.6 is 0 Å². The van der Waals surface area contributed by atoms with Crippen LogP contribution in [0.2, 0.25) is 0 Å². The molecule has 168 valence electrons. The second-order valence-electron chi connectivity index (χ2n) is 10.6. The second kappa shape index (κ2) is 12.1. The summed E-state index contributed by atoms with van der Waals surface area (Å²) in [5, 5.41) is 18.9. The van der Waals surface area contributed by atoms with Crippen LogP contribution in [0.25, 0.3) is 0 Å². The van der Waals surface area contributed by atoms with Crippen LogP contribution in [0.15, 0.2) is 18.2 Å². The average molecular weight is 406 g/mol. The van der Waals surface area contributed by atoms with Crippen molar-refractivity contribution in [1.29, 1.82) is 0 Å². The lowest BCUT2D eigenvalue weighted by molar-refractivity contribution is 0.110. The predicted octanol–water partition coefficient (Wildman–Crippen LogP) is 5.45. The van der Waals surface area contributed by atoms with Crippen LogP contribution < -0.4 is 5.73 Å². The standard InChI is InChI=1S/C26H47NO2/c1-18(2)10-19(3)11-20(4)12-21(5)13-24-8-9-25(14-22(24)6)23(7)15-26(27,16-28)17-29/h8-9,14,18-21,23,28-29H,10-13,15-17,27H2,1-7H3. The molecule has 0 aliphatic carbocycles. The van der Waals surface area contributed by atoms with E-state index in [4.69, 9.17) is 5.73 Å². The van der Waals surface area contributed by atoms with Gasteiger partial charge in [0.05, 0.1) is 18.8 Å². The van der Waals surface area contributed by atoms with Crippen molar-refractivity contribution in [1.82, 2.24) is 0 Å². The summed E-state index contributed by atoms with van der Waals surface area (Å²) in [5.41, 5.74) is 9.15. The van der Waals surface area contributed by atoms with Crippen LogP contribution in [0.1, 0.15) is 89.8 Å². The summed E-state index contributed by atoms with van der Waals surface area (Å²) >= 11 is 0. The molecule has 3 nitrogen and oxygen atoms in total. The Hall–Kier alpha value is -0.900. The smallest absolute Gasteiger partial charge is 0.0633 e. The normalized spacial score (nSPS) is 16.7. The minimum atomic E-state index is -0.913. The highest BCUT2D eigenvalue weighted by molar-refractivity contribution is 5.33. The molecule has 1 aromatic carbocycles. The zero-order valence-corrected chi connectivity index (χ0v) is 20.0. The molecule has 0 radical (unpaired) electrons. The molecule has 0 bridgehead atoms. The number of rotatable bonds is 13. The zero-order valence-electron chi connectivity index (χ0n) is 20.0. The highest BCUT2D eigenvalue weighted by Gasteiger charge is 2.26. The third-order valence-electron chi connectivity index (χ3n) is 6.33. The van der Waals surface area contributed by atoms with Crippen molar-refractivity contribution in [3.63, 3.8) is 0 Å². The van der Waals surface area contributed by atoms with Crippen LogP contribution in [-0.2, 0) is 6.42 Å². The van der Waals surface area contributed by atoms with Crippen molar-refractivity contribution < 1.29 is 10.2 Å². The van der Waals surface area contributed by atoms with Crippen molar-refractivity contribution >= 4 is 0 Å². The Morgan fingerprint density at radius 1 is 0.862 bits per heavy atom. The monoisotopic (exact) mass is 405 g/mol. The van der Waals surface area contributed by atoms with Crippen molar-refractivity contribution in [2.45, 2.75) is 92.0 Å². The van der Waals surface area contributed by atoms with Gasteiger partial charge in [-0.15, -0.1) is 0 Å². The lowest BCUT2D eigenvalue weighted by Crippen LogP contribution is -2.48. The highest BCUT2D eigenvalue weighted by Crippen LogP contribution is 2.29. The molecule has 0 aliphatic heterocycles. The first-order valence-corrected chi connectivity index (χ1v) is 11.6. The molecule has 3 heteroatoms. The molecule has 0 heterocycles. The maximum absolute atomic E-state index is 9.46. The number of aliphatic hydroxyl groups excluding tert-OH is 2. The van der Waals surface area contributed by atoms with E-state index >= 15 is 0 Å². The molecule has 4 atom stereocenters. The summed E-state index contributed by atoms with van der Waals surface area (Å²) in [4.78, 5) is 0. The second-order valence-corrected chi connectivity index (χ2v) is 10.6. The van der Waals surface area contributed by atoms with E-state index < -0.39 is 5.54 Å². The van der Waals surface area contributed by atoms with Crippen molar-refractivity contribution in [2.75, 3.05) is 13.2 Å². The van der Waals surface area contributed by atoms with Gasteiger partial charge >= 0.3 is 0 Å². The van der Waals surface area contributed by atoms with E-state index in [1.807, 2.05) is 0 Å². The molecule has 4 N–H and O–H groups in total. The van der Waals surface area contributed by atoms with Gasteiger partial charge in [-0.25, -0.2) is 0 Å². The number of aryl methyl sites for hydroxylation is 1. The molecular weight excluding hydrogens is 358 g/mol. The van der Waals surface area contributed by atoms with E-state index in [1.165, 1.54) is 36.0 Å². The van der Waals surface area contributed by atoms with E-state index in [1.54, 1.807) is 0 Å². The molecular formula is C26H47NO2. The Kier molecular flexibility index (Phi) is 10.9. The molecule has 4 unspecified atom stereocenters. The SMILES string of the molecule is Cc1cc(C(C)CC(N)(CO)CO)ccc1CC(C)CC(C)CC(C)CC(C)C. The predicted molar refractivity (Wildman–Crippen MR) is 125 cm³/mol. The van der Waals surface area contributed by atoms with Crippen LogP contribution in [0.3, 0.4) is 0 Å². The molecule has 0 amide bonds. The lowest BCUT2D eigenvalue weighted by Gasteiger charge is -2.28. The first kappa shape index (κ1) is 26.1. The first-order chi connectivity index (χ1) is 13.5. The molecule has 1 aromatic rings. The van der Waals surface area contributed by atoms with Gasteiger partial charge in [0, 0.05) is 0 Å². The van der Waals surface area contributed by atoms with Gasteiger partial charge in [-0.3, -0.25) is 0 Å². The Balaban J connectivity index is 2.65. The van der Waals surface area contributed by atoms with Gasteiger partial charge < -0.3 is 15.9 Å². The van der Waals surface area contributed by atoms with Gasteiger partial charge in [0.25, 0.3) is 0 Å². The number of aliphatic hydroxyl groups is 2. The van der Waals surface area contributed by atoms with Crippen molar-refractivity contribution in [2.24, 2.45) is 29.4 Å². The van der Waals surface area contributed by atoms with Gasteiger partial charge in [-0.1, -0.05) is 59.7 Å². The van der Waals surface area contributed by atoms with Crippen LogP contribution in [-0.4, -0.2) is 29.0 Å². The molecule has 29 heavy (non-hydrogen) atoms. The largest absolute Gasteiger partial charge is 0.394 e. The lowest BCUT2D eigenvalue weighted by atomic mass is 9.82. The molecule has 0 aromatic heterocycles. The molecule has 0 saturated carbocycles. The first-order valence-electron chi connectivity index (χ1n) is 11.6. The van der Waals surface area contributed by atoms with E-state index in [9.17, 15) is 10.2 Å². The summed E-state index contributed by atoms with van der Waals surface area (Å²) in [6, 6.07) is 6.72. The third-order valence-corrected chi connectivity index (χ3v) is 6.33. The quantitative estimate of drug-likeness (QED) is 0.409. The van der Waals surface area contributed by atoms with Crippen molar-refractivity contribution in [3.8, 4) is 0 Å². The van der Waals surface area contributed by atoms with Gasteiger partial charge in [-0.2, -0.15) is 0 Å². The Bertz CT molecular complexity index is 594. The minimum absolute atomic E-state index is 0.198. The maximum atomic E-state index is 9.46. The number of nitrogens with two attached hydrogens (primary N) is 1. The Morgan fingerprint density at radius 2 is 1.41 bits per heavy atom. The van der Waals surface area contributed by atoms with Gasteiger partial charge in [0.2, 0.25) is 0 Å². The minimum Gasteiger partial charge on any atom is -0.394 e. The highest BCUT2D eigenvalue weighted by atomic mass is 16.3. The summed E-state index contributed by atoms with van der Waals surface area (Å²) in [6.07, 6.45) is 5.63. The fourth-order valence-electron chi connectivity index (χ4n) is 4.99. The van der Waals surface area contributed by atoms with Crippen LogP contribution in [0, 0.1) is 30.6 Å². The third kappa shape index (κ3) is 9.19. The molecule has 0 aliphatic rings. The van der Waals surface area contributed by atoms with E-state index in [0.717, 1.165) is 24.2 Å². The molecule has 0 spiro atoms. The fourth-order valence-corrected chi connectivity index (χ4v) is 4.99. The summed E-state index contributed by atoms with van der Waals surface area (Å²) in [6.45, 7) is 15.7.